The second-order valence-electron chi connectivity index (χ2n) is 2.28. The van der Waals surface area contributed by atoms with Gasteiger partial charge in [-0.3, -0.25) is 4.79 Å². The second kappa shape index (κ2) is 5.36. The Bertz CT molecular complexity index is 438. The third kappa shape index (κ3) is 2.97. The highest BCUT2D eigenvalue weighted by molar-refractivity contribution is 5.74. The number of hydrogen-bond donors (Lipinski definition) is 0. The number of carbonyl (C=O) groups is 1. The lowest BCUT2D eigenvalue weighted by Gasteiger charge is -1.89. The van der Waals surface area contributed by atoms with Crippen LogP contribution in [0.5, 0.6) is 0 Å². The lowest BCUT2D eigenvalue weighted by Crippen LogP contribution is -1.85. The first-order chi connectivity index (χ1) is 6.86. The van der Waals surface area contributed by atoms with Crippen molar-refractivity contribution in [3.05, 3.63) is 40.0 Å². The molecule has 0 fully saturated rings. The minimum absolute atomic E-state index is 0.101. The van der Waals surface area contributed by atoms with Crippen LogP contribution < -0.4 is 0 Å². The Hall–Kier alpha value is -2.31. The topological polar surface area (TPSA) is 78.7 Å². The van der Waals surface area contributed by atoms with E-state index in [9.17, 15) is 4.79 Å². The van der Waals surface area contributed by atoms with E-state index >= 15 is 0 Å². The maximum Gasteiger partial charge on any atom is 0.150 e. The molecule has 0 radical (unpaired) electrons. The molecule has 0 aliphatic heterocycles. The largest absolute Gasteiger partial charge is 0.298 e. The van der Waals surface area contributed by atoms with Crippen LogP contribution in [0.4, 0.5) is 0 Å². The third-order valence-electron chi connectivity index (χ3n) is 1.35. The molecule has 1 aromatic rings. The maximum absolute atomic E-state index is 10.4. The van der Waals surface area contributed by atoms with Crippen molar-refractivity contribution in [1.82, 2.24) is 4.98 Å². The zero-order chi connectivity index (χ0) is 10.2. The summed E-state index contributed by atoms with van der Waals surface area (Å²) in [7, 11) is 0. The molecule has 5 heteroatoms. The highest BCUT2D eigenvalue weighted by atomic mass is 16.1. The molecule has 1 heterocycles. The van der Waals surface area contributed by atoms with Crippen molar-refractivity contribution in [3.63, 3.8) is 0 Å². The number of aldehydes is 1. The van der Waals surface area contributed by atoms with Crippen LogP contribution in [0.15, 0.2) is 23.4 Å². The van der Waals surface area contributed by atoms with Gasteiger partial charge in [0, 0.05) is 16.7 Å². The summed E-state index contributed by atoms with van der Waals surface area (Å²) in [5, 5.41) is 3.24. The lowest BCUT2D eigenvalue weighted by atomic mass is 10.2. The molecular weight excluding hydrogens is 180 g/mol. The van der Waals surface area contributed by atoms with Gasteiger partial charge in [-0.1, -0.05) is 11.0 Å². The first kappa shape index (κ1) is 9.78. The van der Waals surface area contributed by atoms with Gasteiger partial charge in [-0.25, -0.2) is 4.98 Å². The summed E-state index contributed by atoms with van der Waals surface area (Å²) in [6, 6.07) is 3.15. The van der Waals surface area contributed by atoms with Gasteiger partial charge in [0.25, 0.3) is 0 Å². The molecule has 1 aromatic heterocycles. The van der Waals surface area contributed by atoms with Crippen LogP contribution >= 0.6 is 0 Å². The summed E-state index contributed by atoms with van der Waals surface area (Å²) in [5.74, 6) is 5.27. The summed E-state index contributed by atoms with van der Waals surface area (Å²) < 4.78 is 0. The van der Waals surface area contributed by atoms with Crippen molar-refractivity contribution in [1.29, 1.82) is 0 Å². The average molecular weight is 186 g/mol. The highest BCUT2D eigenvalue weighted by Gasteiger charge is 1.90. The van der Waals surface area contributed by atoms with E-state index in [2.05, 4.69) is 26.9 Å². The molecule has 1 rings (SSSR count). The Balaban J connectivity index is 2.78. The van der Waals surface area contributed by atoms with Crippen LogP contribution in [-0.4, -0.2) is 17.8 Å². The van der Waals surface area contributed by atoms with Crippen molar-refractivity contribution in [2.45, 2.75) is 0 Å². The van der Waals surface area contributed by atoms with E-state index in [0.717, 1.165) is 6.29 Å². The summed E-state index contributed by atoms with van der Waals surface area (Å²) in [5.41, 5.74) is 8.98. The van der Waals surface area contributed by atoms with Gasteiger partial charge in [0.2, 0.25) is 0 Å². The van der Waals surface area contributed by atoms with Crippen LogP contribution in [0.3, 0.4) is 0 Å². The molecule has 0 amide bonds. The average Bonchev–Trinajstić information content (AvgIpc) is 2.25. The molecule has 0 unspecified atom stereocenters. The maximum atomic E-state index is 10.4. The minimum atomic E-state index is 0.101. The monoisotopic (exact) mass is 186 g/mol. The second-order valence-corrected chi connectivity index (χ2v) is 2.28. The minimum Gasteiger partial charge on any atom is -0.298 e. The number of rotatable bonds is 2. The van der Waals surface area contributed by atoms with Gasteiger partial charge in [-0.05, 0) is 23.6 Å². The van der Waals surface area contributed by atoms with Gasteiger partial charge in [-0.2, -0.15) is 0 Å². The predicted octanol–water partition coefficient (Wildman–Crippen LogP) is 1.56. The van der Waals surface area contributed by atoms with E-state index in [-0.39, 0.29) is 6.54 Å². The summed E-state index contributed by atoms with van der Waals surface area (Å²) >= 11 is 0. The van der Waals surface area contributed by atoms with Gasteiger partial charge in [-0.15, -0.1) is 0 Å². The molecule has 68 valence electrons. The van der Waals surface area contributed by atoms with Crippen LogP contribution in [0.2, 0.25) is 0 Å². The Kier molecular flexibility index (Phi) is 3.74. The Labute approximate surface area is 80.4 Å². The van der Waals surface area contributed by atoms with E-state index in [0.29, 0.717) is 11.3 Å². The molecule has 0 saturated heterocycles. The first-order valence-electron chi connectivity index (χ1n) is 3.78. The molecule has 0 atom stereocenters. The standard InChI is InChI=1S/C9H6N4O/c10-13-12-4-1-2-9-6-8(7-14)3-5-11-9/h3,5-7H,4H2. The molecule has 0 spiro atoms. The SMILES string of the molecule is [N-]=[N+]=NCC#Cc1cc(C=O)ccn1. The highest BCUT2D eigenvalue weighted by Crippen LogP contribution is 1.96. The van der Waals surface area contributed by atoms with Crippen LogP contribution in [-0.2, 0) is 0 Å². The van der Waals surface area contributed by atoms with Gasteiger partial charge in [0.05, 0.1) is 6.54 Å². The number of azide groups is 1. The van der Waals surface area contributed by atoms with Crippen LogP contribution in [0, 0.1) is 11.8 Å². The Morgan fingerprint density at radius 3 is 3.29 bits per heavy atom. The summed E-state index contributed by atoms with van der Waals surface area (Å²) in [6.45, 7) is 0.101. The van der Waals surface area contributed by atoms with E-state index in [4.69, 9.17) is 5.53 Å². The predicted molar refractivity (Wildman–Crippen MR) is 50.5 cm³/mol. The number of carbonyl (C=O) groups excluding carboxylic acids is 1. The Morgan fingerprint density at radius 1 is 1.71 bits per heavy atom. The molecular formula is C9H6N4O. The molecule has 0 N–H and O–H groups in total. The van der Waals surface area contributed by atoms with E-state index in [1.54, 1.807) is 12.1 Å². The first-order valence-corrected chi connectivity index (χ1v) is 3.78. The smallest absolute Gasteiger partial charge is 0.150 e. The molecule has 0 bridgehead atoms. The van der Waals surface area contributed by atoms with E-state index < -0.39 is 0 Å². The summed E-state index contributed by atoms with van der Waals surface area (Å²) in [6.07, 6.45) is 2.22. The number of hydrogen-bond acceptors (Lipinski definition) is 3. The molecule has 0 aromatic carbocycles. The van der Waals surface area contributed by atoms with Crippen LogP contribution in [0.25, 0.3) is 10.4 Å². The van der Waals surface area contributed by atoms with Crippen molar-refractivity contribution in [3.8, 4) is 11.8 Å². The fourth-order valence-corrected chi connectivity index (χ4v) is 0.786. The number of pyridine rings is 1. The van der Waals surface area contributed by atoms with Crippen molar-refractivity contribution < 1.29 is 4.79 Å². The van der Waals surface area contributed by atoms with Gasteiger partial charge >= 0.3 is 0 Å². The lowest BCUT2D eigenvalue weighted by molar-refractivity contribution is 0.112. The van der Waals surface area contributed by atoms with Gasteiger partial charge < -0.3 is 0 Å². The quantitative estimate of drug-likeness (QED) is 0.231. The summed E-state index contributed by atoms with van der Waals surface area (Å²) in [4.78, 5) is 16.9. The molecule has 0 aliphatic rings. The fourth-order valence-electron chi connectivity index (χ4n) is 0.786. The van der Waals surface area contributed by atoms with Gasteiger partial charge in [0.1, 0.15) is 12.0 Å². The van der Waals surface area contributed by atoms with Crippen molar-refractivity contribution in [2.24, 2.45) is 5.11 Å². The molecule has 0 aliphatic carbocycles. The number of aromatic nitrogens is 1. The molecule has 5 nitrogen and oxygen atoms in total. The molecule has 14 heavy (non-hydrogen) atoms. The third-order valence-corrected chi connectivity index (χ3v) is 1.35. The van der Waals surface area contributed by atoms with Crippen molar-refractivity contribution in [2.75, 3.05) is 6.54 Å². The number of nitrogens with zero attached hydrogens (tertiary/aromatic N) is 4. The van der Waals surface area contributed by atoms with Gasteiger partial charge in [0.15, 0.2) is 0 Å². The molecule has 0 saturated carbocycles. The zero-order valence-electron chi connectivity index (χ0n) is 7.21. The van der Waals surface area contributed by atoms with E-state index in [1.807, 2.05) is 0 Å². The zero-order valence-corrected chi connectivity index (χ0v) is 7.21. The van der Waals surface area contributed by atoms with E-state index in [1.165, 1.54) is 6.20 Å². The normalized spacial score (nSPS) is 8.00. The van der Waals surface area contributed by atoms with Crippen LogP contribution in [0.1, 0.15) is 16.1 Å². The fraction of sp³-hybridized carbons (Fsp3) is 0.111. The van der Waals surface area contributed by atoms with Crippen molar-refractivity contribution >= 4 is 6.29 Å². The Morgan fingerprint density at radius 2 is 2.57 bits per heavy atom.